The fourth-order valence-corrected chi connectivity index (χ4v) is 3.36. The lowest BCUT2D eigenvalue weighted by molar-refractivity contribution is 0.0691. The van der Waals surface area contributed by atoms with Crippen LogP contribution in [0.3, 0.4) is 0 Å². The number of rotatable bonds is 4. The number of carbonyl (C=O) groups is 1. The number of hydrogen-bond acceptors (Lipinski definition) is 4. The van der Waals surface area contributed by atoms with E-state index in [1.54, 1.807) is 0 Å². The van der Waals surface area contributed by atoms with Crippen LogP contribution in [0.25, 0.3) is 4.96 Å². The van der Waals surface area contributed by atoms with Gasteiger partial charge < -0.3 is 9.84 Å². The number of benzene rings is 1. The summed E-state index contributed by atoms with van der Waals surface area (Å²) in [5, 5.41) is 11.2. The average Bonchev–Trinajstić information content (AvgIpc) is 2.97. The molecular formula is C14H11BrN2O3S. The molecule has 3 aromatic rings. The number of nitrogens with zero attached hydrogens (tertiary/aromatic N) is 2. The Morgan fingerprint density at radius 3 is 3.05 bits per heavy atom. The molecule has 0 atom stereocenters. The molecule has 3 rings (SSSR count). The van der Waals surface area contributed by atoms with Gasteiger partial charge in [0.2, 0.25) is 0 Å². The van der Waals surface area contributed by atoms with E-state index in [1.165, 1.54) is 17.4 Å². The maximum Gasteiger partial charge on any atom is 0.339 e. The van der Waals surface area contributed by atoms with Crippen molar-refractivity contribution < 1.29 is 14.6 Å². The molecule has 0 saturated heterocycles. The Labute approximate surface area is 132 Å². The molecule has 5 nitrogen and oxygen atoms in total. The Hall–Kier alpha value is -1.86. The van der Waals surface area contributed by atoms with Crippen molar-refractivity contribution in [3.63, 3.8) is 0 Å². The van der Waals surface area contributed by atoms with E-state index in [2.05, 4.69) is 20.9 Å². The summed E-state index contributed by atoms with van der Waals surface area (Å²) in [6.07, 6.45) is 3.80. The standard InChI is InChI=1S/C14H11BrN2O3S/c1-8-4-9(15)5-11(13(18)19)12(8)20-7-10-6-17-2-3-21-14(17)16-10/h2-6H,7H2,1H3,(H,18,19). The fourth-order valence-electron chi connectivity index (χ4n) is 2.07. The Kier molecular flexibility index (Phi) is 3.69. The van der Waals surface area contributed by atoms with Crippen LogP contribution in [0.1, 0.15) is 21.6 Å². The van der Waals surface area contributed by atoms with E-state index in [-0.39, 0.29) is 12.2 Å². The number of carboxylic acid groups (broad SMARTS) is 1. The first-order valence-electron chi connectivity index (χ1n) is 6.12. The highest BCUT2D eigenvalue weighted by atomic mass is 79.9. The number of halogens is 1. The number of aryl methyl sites for hydroxylation is 1. The van der Waals surface area contributed by atoms with Crippen LogP contribution in [0.15, 0.2) is 34.4 Å². The Balaban J connectivity index is 1.87. The number of fused-ring (bicyclic) bond motifs is 1. The molecule has 1 aromatic carbocycles. The molecule has 0 unspecified atom stereocenters. The second-order valence-electron chi connectivity index (χ2n) is 4.52. The zero-order valence-electron chi connectivity index (χ0n) is 11.0. The van der Waals surface area contributed by atoms with Crippen molar-refractivity contribution in [1.82, 2.24) is 9.38 Å². The third-order valence-corrected chi connectivity index (χ3v) is 4.21. The highest BCUT2D eigenvalue weighted by Gasteiger charge is 2.16. The van der Waals surface area contributed by atoms with Crippen molar-refractivity contribution in [2.75, 3.05) is 0 Å². The van der Waals surface area contributed by atoms with Gasteiger partial charge in [-0.15, -0.1) is 11.3 Å². The van der Waals surface area contributed by atoms with Crippen molar-refractivity contribution in [3.8, 4) is 5.75 Å². The van der Waals surface area contributed by atoms with Gasteiger partial charge in [-0.3, -0.25) is 4.40 Å². The molecule has 0 aliphatic rings. The zero-order chi connectivity index (χ0) is 15.0. The summed E-state index contributed by atoms with van der Waals surface area (Å²) in [6.45, 7) is 2.05. The molecule has 0 amide bonds. The highest BCUT2D eigenvalue weighted by Crippen LogP contribution is 2.29. The van der Waals surface area contributed by atoms with E-state index in [0.29, 0.717) is 10.2 Å². The molecule has 108 valence electrons. The molecular weight excluding hydrogens is 356 g/mol. The van der Waals surface area contributed by atoms with Crippen LogP contribution in [-0.2, 0) is 6.61 Å². The molecule has 0 fully saturated rings. The molecule has 0 spiro atoms. The van der Waals surface area contributed by atoms with E-state index in [1.807, 2.05) is 35.2 Å². The summed E-state index contributed by atoms with van der Waals surface area (Å²) in [7, 11) is 0. The minimum Gasteiger partial charge on any atom is -0.486 e. The van der Waals surface area contributed by atoms with Crippen LogP contribution in [0.2, 0.25) is 0 Å². The quantitative estimate of drug-likeness (QED) is 0.763. The van der Waals surface area contributed by atoms with Gasteiger partial charge in [0.05, 0.1) is 5.69 Å². The van der Waals surface area contributed by atoms with E-state index in [9.17, 15) is 9.90 Å². The van der Waals surface area contributed by atoms with Crippen LogP contribution in [0, 0.1) is 6.92 Å². The van der Waals surface area contributed by atoms with E-state index in [4.69, 9.17) is 4.74 Å². The fraction of sp³-hybridized carbons (Fsp3) is 0.143. The minimum atomic E-state index is -1.01. The highest BCUT2D eigenvalue weighted by molar-refractivity contribution is 9.10. The van der Waals surface area contributed by atoms with Crippen molar-refractivity contribution in [1.29, 1.82) is 0 Å². The Bertz CT molecular complexity index is 796. The topological polar surface area (TPSA) is 63.8 Å². The predicted octanol–water partition coefficient (Wildman–Crippen LogP) is 3.74. The second kappa shape index (κ2) is 5.50. The summed E-state index contributed by atoms with van der Waals surface area (Å²) < 4.78 is 8.32. The summed E-state index contributed by atoms with van der Waals surface area (Å²) in [5.41, 5.74) is 1.67. The third-order valence-electron chi connectivity index (χ3n) is 2.98. The van der Waals surface area contributed by atoms with Crippen molar-refractivity contribution in [2.24, 2.45) is 0 Å². The molecule has 2 heterocycles. The van der Waals surface area contributed by atoms with Gasteiger partial charge in [0, 0.05) is 22.2 Å². The molecule has 0 aliphatic carbocycles. The van der Waals surface area contributed by atoms with E-state index >= 15 is 0 Å². The smallest absolute Gasteiger partial charge is 0.339 e. The summed E-state index contributed by atoms with van der Waals surface area (Å²) in [4.78, 5) is 16.6. The number of ether oxygens (including phenoxy) is 1. The monoisotopic (exact) mass is 366 g/mol. The van der Waals surface area contributed by atoms with Gasteiger partial charge in [-0.05, 0) is 24.6 Å². The lowest BCUT2D eigenvalue weighted by Crippen LogP contribution is -2.05. The normalized spacial score (nSPS) is 11.0. The number of aromatic nitrogens is 2. The predicted molar refractivity (Wildman–Crippen MR) is 83.2 cm³/mol. The van der Waals surface area contributed by atoms with Gasteiger partial charge in [-0.1, -0.05) is 15.9 Å². The number of thiazole rings is 1. The number of hydrogen-bond donors (Lipinski definition) is 1. The average molecular weight is 367 g/mol. The molecule has 2 aromatic heterocycles. The molecule has 0 aliphatic heterocycles. The lowest BCUT2D eigenvalue weighted by atomic mass is 10.1. The number of aromatic carboxylic acids is 1. The maximum atomic E-state index is 11.3. The maximum absolute atomic E-state index is 11.3. The van der Waals surface area contributed by atoms with Crippen molar-refractivity contribution in [2.45, 2.75) is 13.5 Å². The molecule has 21 heavy (non-hydrogen) atoms. The van der Waals surface area contributed by atoms with Crippen LogP contribution in [-0.4, -0.2) is 20.5 Å². The van der Waals surface area contributed by atoms with Crippen molar-refractivity contribution in [3.05, 3.63) is 51.2 Å². The lowest BCUT2D eigenvalue weighted by Gasteiger charge is -2.11. The van der Waals surface area contributed by atoms with Gasteiger partial charge in [0.1, 0.15) is 17.9 Å². The second-order valence-corrected chi connectivity index (χ2v) is 6.31. The zero-order valence-corrected chi connectivity index (χ0v) is 13.4. The molecule has 0 radical (unpaired) electrons. The number of imidazole rings is 1. The molecule has 7 heteroatoms. The van der Waals surface area contributed by atoms with Crippen LogP contribution < -0.4 is 4.74 Å². The van der Waals surface area contributed by atoms with Crippen LogP contribution in [0.4, 0.5) is 0 Å². The van der Waals surface area contributed by atoms with Gasteiger partial charge >= 0.3 is 5.97 Å². The molecule has 1 N–H and O–H groups in total. The first kappa shape index (κ1) is 14.1. The van der Waals surface area contributed by atoms with E-state index in [0.717, 1.165) is 16.2 Å². The SMILES string of the molecule is Cc1cc(Br)cc(C(=O)O)c1OCc1cn2ccsc2n1. The number of carboxylic acids is 1. The summed E-state index contributed by atoms with van der Waals surface area (Å²) >= 11 is 4.84. The first-order valence-corrected chi connectivity index (χ1v) is 7.79. The third kappa shape index (κ3) is 2.79. The van der Waals surface area contributed by atoms with Crippen molar-refractivity contribution >= 4 is 38.2 Å². The summed E-state index contributed by atoms with van der Waals surface area (Å²) in [6, 6.07) is 3.37. The molecule has 0 bridgehead atoms. The summed E-state index contributed by atoms with van der Waals surface area (Å²) in [5.74, 6) is -0.637. The Morgan fingerprint density at radius 2 is 2.33 bits per heavy atom. The van der Waals surface area contributed by atoms with E-state index < -0.39 is 5.97 Å². The van der Waals surface area contributed by atoms with Gasteiger partial charge in [0.25, 0.3) is 0 Å². The van der Waals surface area contributed by atoms with Gasteiger partial charge in [-0.2, -0.15) is 0 Å². The van der Waals surface area contributed by atoms with Crippen LogP contribution in [0.5, 0.6) is 5.75 Å². The first-order chi connectivity index (χ1) is 10.0. The minimum absolute atomic E-state index is 0.142. The van der Waals surface area contributed by atoms with Gasteiger partial charge in [0.15, 0.2) is 4.96 Å². The van der Waals surface area contributed by atoms with Gasteiger partial charge in [-0.25, -0.2) is 9.78 Å². The largest absolute Gasteiger partial charge is 0.486 e. The molecule has 0 saturated carbocycles. The Morgan fingerprint density at radius 1 is 1.52 bits per heavy atom. The van der Waals surface area contributed by atoms with Crippen LogP contribution >= 0.6 is 27.3 Å².